The lowest BCUT2D eigenvalue weighted by Crippen LogP contribution is -2.45. The highest BCUT2D eigenvalue weighted by Crippen LogP contribution is 2.48. The standard InChI is InChI=1S/C42H54FN7O6/c1-41(2,3)55-39(53)48-21-7-9-35(48)37(51)46-31-17-11-25(23-29(31)44)33-19-20-34(50(33)28-15-13-27(43)14-16-28)26-12-18-32(30(45)24-26)47-38(52)36-10-8-22-49(36)40(54)56-42(4,5)6/h11-18,23-24,33-36H,7-10,19-22,44-45H2,1-6H3,(H,46,51)(H,47,52). The first-order valence-corrected chi connectivity index (χ1v) is 19.3. The molecule has 3 aliphatic heterocycles. The van der Waals surface area contributed by atoms with Gasteiger partial charge in [-0.1, -0.05) is 12.1 Å². The van der Waals surface area contributed by atoms with Crippen LogP contribution in [0.2, 0.25) is 0 Å². The quantitative estimate of drug-likeness (QED) is 0.175. The molecule has 0 bridgehead atoms. The van der Waals surface area contributed by atoms with Crippen molar-refractivity contribution in [2.75, 3.05) is 40.1 Å². The molecule has 0 saturated carbocycles. The monoisotopic (exact) mass is 771 g/mol. The maximum Gasteiger partial charge on any atom is 0.410 e. The van der Waals surface area contributed by atoms with Crippen molar-refractivity contribution in [3.8, 4) is 0 Å². The lowest BCUT2D eigenvalue weighted by molar-refractivity contribution is -0.121. The molecule has 0 aromatic heterocycles. The normalized spacial score (nSPS) is 21.2. The molecule has 3 fully saturated rings. The number of nitrogens with zero attached hydrogens (tertiary/aromatic N) is 3. The van der Waals surface area contributed by atoms with Crippen LogP contribution in [0.15, 0.2) is 60.7 Å². The van der Waals surface area contributed by atoms with Crippen LogP contribution in [0.5, 0.6) is 0 Å². The lowest BCUT2D eigenvalue weighted by Gasteiger charge is -2.34. The zero-order valence-corrected chi connectivity index (χ0v) is 33.1. The van der Waals surface area contributed by atoms with E-state index in [4.69, 9.17) is 20.9 Å². The second kappa shape index (κ2) is 15.9. The number of benzene rings is 3. The van der Waals surface area contributed by atoms with Crippen molar-refractivity contribution in [2.24, 2.45) is 0 Å². The molecule has 56 heavy (non-hydrogen) atoms. The van der Waals surface area contributed by atoms with Crippen LogP contribution < -0.4 is 27.0 Å². The van der Waals surface area contributed by atoms with E-state index in [1.54, 1.807) is 65.8 Å². The Bertz CT molecular complexity index is 1840. The number of nitrogen functional groups attached to an aromatic ring is 2. The van der Waals surface area contributed by atoms with Crippen molar-refractivity contribution < 1.29 is 33.0 Å². The first kappa shape index (κ1) is 40.1. The fourth-order valence-electron chi connectivity index (χ4n) is 7.83. The van der Waals surface area contributed by atoms with Crippen molar-refractivity contribution in [2.45, 2.75) is 115 Å². The fourth-order valence-corrected chi connectivity index (χ4v) is 7.83. The van der Waals surface area contributed by atoms with Gasteiger partial charge in [-0.25, -0.2) is 14.0 Å². The molecule has 3 aromatic rings. The smallest absolute Gasteiger partial charge is 0.410 e. The number of carbonyl (C=O) groups excluding carboxylic acids is 4. The molecule has 14 heteroatoms. The van der Waals surface area contributed by atoms with E-state index in [0.29, 0.717) is 61.5 Å². The van der Waals surface area contributed by atoms with Gasteiger partial charge in [0, 0.05) is 18.8 Å². The van der Waals surface area contributed by atoms with Crippen LogP contribution in [-0.4, -0.2) is 70.2 Å². The fraction of sp³-hybridized carbons (Fsp3) is 0.476. The summed E-state index contributed by atoms with van der Waals surface area (Å²) in [5.74, 6) is -1.01. The van der Waals surface area contributed by atoms with Gasteiger partial charge >= 0.3 is 12.2 Å². The Morgan fingerprint density at radius 3 is 1.43 bits per heavy atom. The Balaban J connectivity index is 1.19. The van der Waals surface area contributed by atoms with Crippen LogP contribution in [0.4, 0.5) is 42.4 Å². The molecular formula is C42H54FN7O6. The molecule has 3 aromatic carbocycles. The van der Waals surface area contributed by atoms with Crippen LogP contribution >= 0.6 is 0 Å². The molecule has 13 nitrogen and oxygen atoms in total. The molecule has 0 spiro atoms. The highest BCUT2D eigenvalue weighted by atomic mass is 19.1. The molecule has 4 unspecified atom stereocenters. The zero-order chi connectivity index (χ0) is 40.5. The summed E-state index contributed by atoms with van der Waals surface area (Å²) in [6, 6.07) is 15.8. The summed E-state index contributed by atoms with van der Waals surface area (Å²) in [5.41, 5.74) is 16.0. The molecule has 3 aliphatic rings. The van der Waals surface area contributed by atoms with Gasteiger partial charge in [0.1, 0.15) is 29.1 Å². The molecule has 3 saturated heterocycles. The maximum absolute atomic E-state index is 14.1. The third kappa shape index (κ3) is 9.11. The molecule has 300 valence electrons. The first-order chi connectivity index (χ1) is 26.4. The van der Waals surface area contributed by atoms with Gasteiger partial charge in [-0.2, -0.15) is 0 Å². The van der Waals surface area contributed by atoms with Gasteiger partial charge < -0.3 is 36.5 Å². The number of amides is 4. The van der Waals surface area contributed by atoms with E-state index in [9.17, 15) is 23.6 Å². The third-order valence-corrected chi connectivity index (χ3v) is 10.3. The summed E-state index contributed by atoms with van der Waals surface area (Å²) < 4.78 is 25.2. The van der Waals surface area contributed by atoms with E-state index in [0.717, 1.165) is 29.7 Å². The highest BCUT2D eigenvalue weighted by molar-refractivity contribution is 6.00. The Morgan fingerprint density at radius 1 is 0.643 bits per heavy atom. The molecule has 4 atom stereocenters. The van der Waals surface area contributed by atoms with Crippen LogP contribution in [0, 0.1) is 5.82 Å². The summed E-state index contributed by atoms with van der Waals surface area (Å²) in [5, 5.41) is 5.85. The number of halogens is 1. The molecule has 6 N–H and O–H groups in total. The van der Waals surface area contributed by atoms with E-state index in [1.807, 2.05) is 24.3 Å². The van der Waals surface area contributed by atoms with E-state index in [-0.39, 0.29) is 29.7 Å². The highest BCUT2D eigenvalue weighted by Gasteiger charge is 2.39. The number of rotatable bonds is 7. The molecule has 0 radical (unpaired) electrons. The average Bonchev–Trinajstić information content (AvgIpc) is 3.89. The van der Waals surface area contributed by atoms with Gasteiger partial charge in [0.2, 0.25) is 11.8 Å². The Morgan fingerprint density at radius 2 is 1.05 bits per heavy atom. The van der Waals surface area contributed by atoms with E-state index in [2.05, 4.69) is 15.5 Å². The third-order valence-electron chi connectivity index (χ3n) is 10.3. The minimum absolute atomic E-state index is 0.156. The minimum atomic E-state index is -0.681. The van der Waals surface area contributed by atoms with Crippen LogP contribution in [-0.2, 0) is 19.1 Å². The molecule has 6 rings (SSSR count). The number of likely N-dealkylation sites (tertiary alicyclic amines) is 2. The van der Waals surface area contributed by atoms with Gasteiger partial charge in [0.05, 0.1) is 34.8 Å². The summed E-state index contributed by atoms with van der Waals surface area (Å²) in [6.45, 7) is 11.6. The van der Waals surface area contributed by atoms with Gasteiger partial charge in [-0.3, -0.25) is 19.4 Å². The topological polar surface area (TPSA) is 173 Å². The van der Waals surface area contributed by atoms with Crippen molar-refractivity contribution in [3.05, 3.63) is 77.6 Å². The largest absolute Gasteiger partial charge is 0.444 e. The Labute approximate surface area is 327 Å². The Kier molecular flexibility index (Phi) is 11.4. The van der Waals surface area contributed by atoms with Crippen molar-refractivity contribution >= 4 is 52.4 Å². The van der Waals surface area contributed by atoms with Gasteiger partial charge in [0.15, 0.2) is 0 Å². The van der Waals surface area contributed by atoms with Crippen LogP contribution in [0.25, 0.3) is 0 Å². The SMILES string of the molecule is CC(C)(C)OC(=O)N1CCCC1C(=O)Nc1ccc(C2CCC(c3ccc(NC(=O)C4CCCN4C(=O)OC(C)(C)C)c(N)c3)N2c2ccc(F)cc2)cc1N. The van der Waals surface area contributed by atoms with Crippen LogP contribution in [0.3, 0.4) is 0 Å². The van der Waals surface area contributed by atoms with Gasteiger partial charge in [-0.05, 0) is 140 Å². The zero-order valence-electron chi connectivity index (χ0n) is 33.1. The lowest BCUT2D eigenvalue weighted by atomic mass is 10.0. The minimum Gasteiger partial charge on any atom is -0.444 e. The number of carbonyl (C=O) groups is 4. The summed E-state index contributed by atoms with van der Waals surface area (Å²) in [6.07, 6.45) is 2.84. The maximum atomic E-state index is 14.1. The predicted octanol–water partition coefficient (Wildman–Crippen LogP) is 7.75. The van der Waals surface area contributed by atoms with E-state index < -0.39 is 35.5 Å². The molecule has 3 heterocycles. The number of nitrogens with two attached hydrogens (primary N) is 2. The number of ether oxygens (including phenoxy) is 2. The number of nitrogens with one attached hydrogen (secondary N) is 2. The second-order valence-corrected chi connectivity index (χ2v) is 16.8. The molecular weight excluding hydrogens is 718 g/mol. The summed E-state index contributed by atoms with van der Waals surface area (Å²) >= 11 is 0. The van der Waals surface area contributed by atoms with Crippen molar-refractivity contribution in [3.63, 3.8) is 0 Å². The van der Waals surface area contributed by atoms with Crippen molar-refractivity contribution in [1.82, 2.24) is 9.80 Å². The van der Waals surface area contributed by atoms with Crippen molar-refractivity contribution in [1.29, 1.82) is 0 Å². The van der Waals surface area contributed by atoms with Gasteiger partial charge in [-0.15, -0.1) is 0 Å². The molecule has 0 aliphatic carbocycles. The van der Waals surface area contributed by atoms with E-state index >= 15 is 0 Å². The van der Waals surface area contributed by atoms with Gasteiger partial charge in [0.25, 0.3) is 0 Å². The number of anilines is 5. The first-order valence-electron chi connectivity index (χ1n) is 19.3. The summed E-state index contributed by atoms with van der Waals surface area (Å²) in [4.78, 5) is 57.6. The van der Waals surface area contributed by atoms with Crippen LogP contribution in [0.1, 0.15) is 103 Å². The predicted molar refractivity (Wildman–Crippen MR) is 214 cm³/mol. The number of hydrogen-bond donors (Lipinski definition) is 4. The second-order valence-electron chi connectivity index (χ2n) is 16.8. The molecule has 4 amide bonds. The average molecular weight is 772 g/mol. The Hall–Kier alpha value is -5.53. The van der Waals surface area contributed by atoms with E-state index in [1.165, 1.54) is 21.9 Å². The number of hydrogen-bond acceptors (Lipinski definition) is 9. The summed E-state index contributed by atoms with van der Waals surface area (Å²) in [7, 11) is 0.